The van der Waals surface area contributed by atoms with Crippen LogP contribution in [-0.4, -0.2) is 43.1 Å². The van der Waals surface area contributed by atoms with Crippen LogP contribution in [0, 0.1) is 0 Å². The normalized spacial score (nSPS) is 21.6. The molecule has 2 saturated heterocycles. The molecule has 21 heavy (non-hydrogen) atoms. The molecule has 2 aliphatic rings. The summed E-state index contributed by atoms with van der Waals surface area (Å²) in [4.78, 5) is 5.38. The van der Waals surface area contributed by atoms with Gasteiger partial charge >= 0.3 is 0 Å². The highest BCUT2D eigenvalue weighted by Crippen LogP contribution is 2.31. The molecule has 0 radical (unpaired) electrons. The number of methoxy groups -OCH3 is 1. The number of nitrogens with zero attached hydrogens (tertiary/aromatic N) is 2. The van der Waals surface area contributed by atoms with Crippen LogP contribution in [0.15, 0.2) is 24.3 Å². The van der Waals surface area contributed by atoms with Gasteiger partial charge in [-0.3, -0.25) is 9.80 Å². The molecule has 0 atom stereocenters. The first-order valence-electron chi connectivity index (χ1n) is 8.50. The lowest BCUT2D eigenvalue weighted by Crippen LogP contribution is -2.45. The SMILES string of the molecule is COc1ccc(C(N2CCCCC2)N2CCCCC2)cc1. The monoisotopic (exact) mass is 288 g/mol. The first-order chi connectivity index (χ1) is 10.4. The Bertz CT molecular complexity index is 401. The molecule has 0 aromatic heterocycles. The van der Waals surface area contributed by atoms with Gasteiger partial charge in [-0.25, -0.2) is 0 Å². The van der Waals surface area contributed by atoms with Gasteiger partial charge in [0.1, 0.15) is 5.75 Å². The van der Waals surface area contributed by atoms with Crippen molar-refractivity contribution in [1.29, 1.82) is 0 Å². The van der Waals surface area contributed by atoms with Crippen molar-refractivity contribution in [3.8, 4) is 5.75 Å². The first kappa shape index (κ1) is 14.9. The zero-order valence-electron chi connectivity index (χ0n) is 13.3. The van der Waals surface area contributed by atoms with Crippen molar-refractivity contribution in [3.63, 3.8) is 0 Å². The molecule has 2 heterocycles. The van der Waals surface area contributed by atoms with E-state index in [1.165, 1.54) is 70.3 Å². The predicted molar refractivity (Wildman–Crippen MR) is 86.6 cm³/mol. The van der Waals surface area contributed by atoms with E-state index in [2.05, 4.69) is 34.1 Å². The van der Waals surface area contributed by atoms with Gasteiger partial charge in [0.15, 0.2) is 0 Å². The van der Waals surface area contributed by atoms with E-state index < -0.39 is 0 Å². The molecular weight excluding hydrogens is 260 g/mol. The molecule has 116 valence electrons. The number of ether oxygens (including phenoxy) is 1. The minimum Gasteiger partial charge on any atom is -0.497 e. The third-order valence-corrected chi connectivity index (χ3v) is 4.89. The summed E-state index contributed by atoms with van der Waals surface area (Å²) in [6.45, 7) is 4.97. The highest BCUT2D eigenvalue weighted by molar-refractivity contribution is 5.29. The number of piperidine rings is 2. The maximum Gasteiger partial charge on any atom is 0.118 e. The van der Waals surface area contributed by atoms with Gasteiger partial charge in [-0.2, -0.15) is 0 Å². The van der Waals surface area contributed by atoms with E-state index in [1.807, 2.05) is 0 Å². The fourth-order valence-corrected chi connectivity index (χ4v) is 3.75. The molecule has 0 N–H and O–H groups in total. The summed E-state index contributed by atoms with van der Waals surface area (Å²) in [6.07, 6.45) is 8.65. The number of benzene rings is 1. The minimum absolute atomic E-state index is 0.469. The second-order valence-corrected chi connectivity index (χ2v) is 6.34. The Labute approximate surface area is 128 Å². The molecule has 3 rings (SSSR count). The Morgan fingerprint density at radius 1 is 0.762 bits per heavy atom. The highest BCUT2D eigenvalue weighted by Gasteiger charge is 2.28. The molecule has 0 saturated carbocycles. The fourth-order valence-electron chi connectivity index (χ4n) is 3.75. The summed E-state index contributed by atoms with van der Waals surface area (Å²) in [5, 5.41) is 0. The molecule has 0 bridgehead atoms. The molecule has 2 aliphatic heterocycles. The average Bonchev–Trinajstić information content (AvgIpc) is 2.58. The second kappa shape index (κ2) is 7.28. The molecular formula is C18H28N2O. The minimum atomic E-state index is 0.469. The smallest absolute Gasteiger partial charge is 0.118 e. The van der Waals surface area contributed by atoms with Crippen LogP contribution in [0.4, 0.5) is 0 Å². The largest absolute Gasteiger partial charge is 0.497 e. The van der Waals surface area contributed by atoms with Gasteiger partial charge in [-0.05, 0) is 69.6 Å². The van der Waals surface area contributed by atoms with Crippen LogP contribution in [-0.2, 0) is 0 Å². The third-order valence-electron chi connectivity index (χ3n) is 4.89. The Morgan fingerprint density at radius 3 is 1.67 bits per heavy atom. The Morgan fingerprint density at radius 2 is 1.24 bits per heavy atom. The molecule has 3 nitrogen and oxygen atoms in total. The van der Waals surface area contributed by atoms with Crippen LogP contribution >= 0.6 is 0 Å². The van der Waals surface area contributed by atoms with Gasteiger partial charge in [0.05, 0.1) is 13.3 Å². The van der Waals surface area contributed by atoms with Gasteiger partial charge in [-0.15, -0.1) is 0 Å². The predicted octanol–water partition coefficient (Wildman–Crippen LogP) is 3.67. The molecule has 0 spiro atoms. The van der Waals surface area contributed by atoms with Crippen LogP contribution in [0.1, 0.15) is 50.3 Å². The molecule has 2 fully saturated rings. The van der Waals surface area contributed by atoms with E-state index in [9.17, 15) is 0 Å². The van der Waals surface area contributed by atoms with Gasteiger partial charge in [0.25, 0.3) is 0 Å². The lowest BCUT2D eigenvalue weighted by Gasteiger charge is -2.43. The van der Waals surface area contributed by atoms with E-state index in [0.717, 1.165) is 5.75 Å². The molecule has 1 aromatic carbocycles. The van der Waals surface area contributed by atoms with Crippen LogP contribution in [0.2, 0.25) is 0 Å². The van der Waals surface area contributed by atoms with Gasteiger partial charge in [0, 0.05) is 0 Å². The van der Waals surface area contributed by atoms with Crippen molar-refractivity contribution in [2.45, 2.75) is 44.7 Å². The van der Waals surface area contributed by atoms with Crippen molar-refractivity contribution in [2.24, 2.45) is 0 Å². The summed E-state index contributed by atoms with van der Waals surface area (Å²) >= 11 is 0. The first-order valence-corrected chi connectivity index (χ1v) is 8.50. The second-order valence-electron chi connectivity index (χ2n) is 6.34. The Hall–Kier alpha value is -1.06. The molecule has 0 unspecified atom stereocenters. The summed E-state index contributed by atoms with van der Waals surface area (Å²) in [6, 6.07) is 8.73. The number of rotatable bonds is 4. The van der Waals surface area contributed by atoms with Crippen molar-refractivity contribution < 1.29 is 4.74 Å². The zero-order valence-corrected chi connectivity index (χ0v) is 13.3. The lowest BCUT2D eigenvalue weighted by molar-refractivity contribution is 0.0156. The van der Waals surface area contributed by atoms with E-state index in [0.29, 0.717) is 6.17 Å². The van der Waals surface area contributed by atoms with Crippen molar-refractivity contribution in [2.75, 3.05) is 33.3 Å². The summed E-state index contributed by atoms with van der Waals surface area (Å²) in [5.74, 6) is 0.954. The maximum atomic E-state index is 5.31. The van der Waals surface area contributed by atoms with E-state index in [-0.39, 0.29) is 0 Å². The van der Waals surface area contributed by atoms with Crippen LogP contribution in [0.25, 0.3) is 0 Å². The van der Waals surface area contributed by atoms with E-state index >= 15 is 0 Å². The summed E-state index contributed by atoms with van der Waals surface area (Å²) < 4.78 is 5.31. The Balaban J connectivity index is 1.82. The zero-order chi connectivity index (χ0) is 14.5. The summed E-state index contributed by atoms with van der Waals surface area (Å²) in [5.41, 5.74) is 1.43. The van der Waals surface area contributed by atoms with Crippen molar-refractivity contribution in [1.82, 2.24) is 9.80 Å². The number of hydrogen-bond donors (Lipinski definition) is 0. The van der Waals surface area contributed by atoms with E-state index in [4.69, 9.17) is 4.74 Å². The van der Waals surface area contributed by atoms with Crippen molar-refractivity contribution in [3.05, 3.63) is 29.8 Å². The van der Waals surface area contributed by atoms with Gasteiger partial charge in [-0.1, -0.05) is 25.0 Å². The van der Waals surface area contributed by atoms with Crippen molar-refractivity contribution >= 4 is 0 Å². The molecule has 3 heteroatoms. The van der Waals surface area contributed by atoms with E-state index in [1.54, 1.807) is 7.11 Å². The average molecular weight is 288 g/mol. The maximum absolute atomic E-state index is 5.31. The van der Waals surface area contributed by atoms with Crippen LogP contribution in [0.3, 0.4) is 0 Å². The molecule has 0 amide bonds. The number of hydrogen-bond acceptors (Lipinski definition) is 3. The fraction of sp³-hybridized carbons (Fsp3) is 0.667. The van der Waals surface area contributed by atoms with Gasteiger partial charge in [0.2, 0.25) is 0 Å². The highest BCUT2D eigenvalue weighted by atomic mass is 16.5. The van der Waals surface area contributed by atoms with Crippen LogP contribution < -0.4 is 4.74 Å². The third kappa shape index (κ3) is 3.58. The van der Waals surface area contributed by atoms with Crippen LogP contribution in [0.5, 0.6) is 5.75 Å². The molecule has 1 aromatic rings. The molecule has 0 aliphatic carbocycles. The number of likely N-dealkylation sites (tertiary alicyclic amines) is 2. The Kier molecular flexibility index (Phi) is 5.15. The quantitative estimate of drug-likeness (QED) is 0.841. The topological polar surface area (TPSA) is 15.7 Å². The lowest BCUT2D eigenvalue weighted by atomic mass is 10.0. The summed E-state index contributed by atoms with van der Waals surface area (Å²) in [7, 11) is 1.74. The standard InChI is InChI=1S/C18H28N2O/c1-21-17-10-8-16(9-11-17)18(19-12-4-2-5-13-19)20-14-6-3-7-15-20/h8-11,18H,2-7,12-15H2,1H3. The van der Waals surface area contributed by atoms with Gasteiger partial charge < -0.3 is 4.74 Å².